The van der Waals surface area contributed by atoms with Gasteiger partial charge in [-0.15, -0.1) is 0 Å². The minimum absolute atomic E-state index is 0.0546. The summed E-state index contributed by atoms with van der Waals surface area (Å²) >= 11 is 0. The van der Waals surface area contributed by atoms with E-state index in [1.165, 1.54) is 29.0 Å². The van der Waals surface area contributed by atoms with Crippen molar-refractivity contribution in [2.24, 2.45) is 5.73 Å². The Bertz CT molecular complexity index is 1700. The molecule has 4 rings (SSSR count). The van der Waals surface area contributed by atoms with Crippen molar-refractivity contribution in [2.75, 3.05) is 11.1 Å². The molecule has 1 heterocycles. The average Bonchev–Trinajstić information content (AvgIpc) is 2.97. The molecule has 0 saturated heterocycles. The smallest absolute Gasteiger partial charge is 0.294 e. The van der Waals surface area contributed by atoms with Crippen molar-refractivity contribution in [2.45, 2.75) is 39.5 Å². The molecule has 0 saturated carbocycles. The van der Waals surface area contributed by atoms with Crippen LogP contribution in [0.2, 0.25) is 0 Å². The zero-order valence-electron chi connectivity index (χ0n) is 23.8. The van der Waals surface area contributed by atoms with Gasteiger partial charge in [-0.2, -0.15) is 0 Å². The summed E-state index contributed by atoms with van der Waals surface area (Å²) in [4.78, 5) is 43.8. The zero-order valence-corrected chi connectivity index (χ0v) is 23.8. The van der Waals surface area contributed by atoms with Crippen LogP contribution in [-0.4, -0.2) is 33.2 Å². The number of nitrogens with zero attached hydrogens (tertiary/aromatic N) is 2. The minimum Gasteiger partial charge on any atom is -0.399 e. The fourth-order valence-corrected chi connectivity index (χ4v) is 4.27. The number of amidine groups is 1. The van der Waals surface area contributed by atoms with Crippen LogP contribution in [0.25, 0.3) is 11.3 Å². The van der Waals surface area contributed by atoms with E-state index in [1.807, 2.05) is 13.8 Å². The molecule has 0 spiro atoms. The van der Waals surface area contributed by atoms with Gasteiger partial charge in [-0.3, -0.25) is 24.4 Å². The molecule has 0 bridgehead atoms. The zero-order chi connectivity index (χ0) is 31.1. The van der Waals surface area contributed by atoms with Gasteiger partial charge in [0, 0.05) is 41.5 Å². The van der Waals surface area contributed by atoms with Crippen LogP contribution in [0.4, 0.5) is 15.9 Å². The molecule has 1 aromatic heterocycles. The normalized spacial score (nSPS) is 10.8. The van der Waals surface area contributed by atoms with Crippen molar-refractivity contribution < 1.29 is 14.0 Å². The van der Waals surface area contributed by atoms with Gasteiger partial charge in [0.2, 0.25) is 5.91 Å². The number of rotatable bonds is 11. The number of nitrogen functional groups attached to an aromatic ring is 2. The van der Waals surface area contributed by atoms with E-state index in [0.717, 1.165) is 5.56 Å². The van der Waals surface area contributed by atoms with Gasteiger partial charge >= 0.3 is 0 Å². The lowest BCUT2D eigenvalue weighted by molar-refractivity contribution is -0.121. The molecule has 0 unspecified atom stereocenters. The van der Waals surface area contributed by atoms with Crippen LogP contribution in [0.5, 0.6) is 0 Å². The van der Waals surface area contributed by atoms with Crippen LogP contribution in [0, 0.1) is 11.2 Å². The molecule has 0 radical (unpaired) electrons. The Labute approximate surface area is 247 Å². The number of hydrogen-bond acceptors (Lipinski definition) is 7. The van der Waals surface area contributed by atoms with Gasteiger partial charge in [0.1, 0.15) is 18.2 Å². The number of hydrogen-bond donors (Lipinski definition) is 6. The van der Waals surface area contributed by atoms with E-state index in [4.69, 9.17) is 16.9 Å². The van der Waals surface area contributed by atoms with Gasteiger partial charge < -0.3 is 27.4 Å². The van der Waals surface area contributed by atoms with E-state index >= 15 is 0 Å². The van der Waals surface area contributed by atoms with Gasteiger partial charge in [0.05, 0.1) is 11.9 Å². The van der Waals surface area contributed by atoms with Crippen LogP contribution in [-0.2, 0) is 24.4 Å². The van der Waals surface area contributed by atoms with E-state index in [0.29, 0.717) is 22.4 Å². The summed E-state index contributed by atoms with van der Waals surface area (Å²) in [6.45, 7) is 3.76. The van der Waals surface area contributed by atoms with Crippen LogP contribution in [0.15, 0.2) is 77.7 Å². The fraction of sp³-hybridized carbons (Fsp3) is 0.194. The topological polar surface area (TPSA) is 181 Å². The third kappa shape index (κ3) is 8.03. The number of halogens is 1. The first-order chi connectivity index (χ1) is 20.5. The van der Waals surface area contributed by atoms with Crippen molar-refractivity contribution >= 4 is 29.2 Å². The highest BCUT2D eigenvalue weighted by Gasteiger charge is 2.18. The Balaban J connectivity index is 1.59. The standard InChI is InChI=1S/C31H33FN8O3/c1-18(2)39-29-31(43)40(17-27(41)36-14-19-3-7-21(8-4-19)28(34)35)26(16-37-29)22-11-23(13-25(33)12-22)30(42)38-15-20-5-9-24(32)10-6-20/h3-13,16,18H,14-15,17,33H2,1-2H3,(H3,34,35)(H,36,41)(H,37,39)(H,38,42). The van der Waals surface area contributed by atoms with Crippen LogP contribution < -0.4 is 33.0 Å². The molecule has 0 fully saturated rings. The van der Waals surface area contributed by atoms with Gasteiger partial charge in [-0.25, -0.2) is 9.37 Å². The predicted octanol–water partition coefficient (Wildman–Crippen LogP) is 2.98. The molecular weight excluding hydrogens is 551 g/mol. The molecule has 0 aliphatic carbocycles. The SMILES string of the molecule is CC(C)Nc1ncc(-c2cc(N)cc(C(=O)NCc3ccc(F)cc3)c2)n(CC(=O)NCc2ccc(C(=N)N)cc2)c1=O. The Hall–Kier alpha value is -5.52. The fourth-order valence-electron chi connectivity index (χ4n) is 4.27. The van der Waals surface area contributed by atoms with Gasteiger partial charge in [0.15, 0.2) is 5.82 Å². The number of nitrogens with two attached hydrogens (primary N) is 2. The summed E-state index contributed by atoms with van der Waals surface area (Å²) in [5.74, 6) is -1.20. The molecule has 11 nitrogen and oxygen atoms in total. The molecule has 8 N–H and O–H groups in total. The van der Waals surface area contributed by atoms with E-state index in [1.54, 1.807) is 48.5 Å². The van der Waals surface area contributed by atoms with Crippen molar-refractivity contribution in [3.8, 4) is 11.3 Å². The molecule has 0 aliphatic rings. The average molecular weight is 585 g/mol. The number of nitrogens with one attached hydrogen (secondary N) is 4. The van der Waals surface area contributed by atoms with Crippen molar-refractivity contribution in [1.29, 1.82) is 5.41 Å². The predicted molar refractivity (Wildman–Crippen MR) is 164 cm³/mol. The second kappa shape index (κ2) is 13.4. The molecule has 0 atom stereocenters. The lowest BCUT2D eigenvalue weighted by Gasteiger charge is -2.17. The van der Waals surface area contributed by atoms with E-state index in [9.17, 15) is 18.8 Å². The molecular formula is C31H33FN8O3. The number of carbonyl (C=O) groups is 2. The molecule has 43 heavy (non-hydrogen) atoms. The summed E-state index contributed by atoms with van der Waals surface area (Å²) in [7, 11) is 0. The molecule has 4 aromatic rings. The van der Waals surface area contributed by atoms with Gasteiger partial charge in [-0.1, -0.05) is 36.4 Å². The van der Waals surface area contributed by atoms with E-state index in [-0.39, 0.29) is 54.4 Å². The first kappa shape index (κ1) is 30.4. The van der Waals surface area contributed by atoms with Crippen LogP contribution >= 0.6 is 0 Å². The molecule has 12 heteroatoms. The highest BCUT2D eigenvalue weighted by molar-refractivity contribution is 5.96. The second-order valence-electron chi connectivity index (χ2n) is 10.2. The Kier molecular flexibility index (Phi) is 9.51. The number of anilines is 2. The second-order valence-corrected chi connectivity index (χ2v) is 10.2. The number of benzene rings is 3. The van der Waals surface area contributed by atoms with Gasteiger partial charge in [-0.05, 0) is 55.3 Å². The number of amides is 2. The molecule has 2 amide bonds. The monoisotopic (exact) mass is 584 g/mol. The Morgan fingerprint density at radius 3 is 2.21 bits per heavy atom. The third-order valence-electron chi connectivity index (χ3n) is 6.42. The van der Waals surface area contributed by atoms with Crippen molar-refractivity contribution in [3.05, 3.63) is 111 Å². The summed E-state index contributed by atoms with van der Waals surface area (Å²) in [6.07, 6.45) is 1.45. The Morgan fingerprint density at radius 1 is 0.953 bits per heavy atom. The lowest BCUT2D eigenvalue weighted by Crippen LogP contribution is -2.35. The van der Waals surface area contributed by atoms with Gasteiger partial charge in [0.25, 0.3) is 11.5 Å². The lowest BCUT2D eigenvalue weighted by atomic mass is 10.1. The van der Waals surface area contributed by atoms with Crippen molar-refractivity contribution in [3.63, 3.8) is 0 Å². The highest BCUT2D eigenvalue weighted by Crippen LogP contribution is 2.23. The summed E-state index contributed by atoms with van der Waals surface area (Å²) < 4.78 is 14.5. The first-order valence-electron chi connectivity index (χ1n) is 13.5. The molecule has 222 valence electrons. The third-order valence-corrected chi connectivity index (χ3v) is 6.42. The molecule has 0 aliphatic heterocycles. The minimum atomic E-state index is -0.517. The van der Waals surface area contributed by atoms with Crippen LogP contribution in [0.3, 0.4) is 0 Å². The number of carbonyl (C=O) groups excluding carboxylic acids is 2. The highest BCUT2D eigenvalue weighted by atomic mass is 19.1. The molecule has 3 aromatic carbocycles. The number of aromatic nitrogens is 2. The first-order valence-corrected chi connectivity index (χ1v) is 13.5. The summed E-state index contributed by atoms with van der Waals surface area (Å²) in [6, 6.07) is 17.2. The summed E-state index contributed by atoms with van der Waals surface area (Å²) in [5.41, 5.74) is 14.4. The Morgan fingerprint density at radius 2 is 1.58 bits per heavy atom. The largest absolute Gasteiger partial charge is 0.399 e. The maximum absolute atomic E-state index is 13.5. The van der Waals surface area contributed by atoms with Crippen molar-refractivity contribution in [1.82, 2.24) is 20.2 Å². The van der Waals surface area contributed by atoms with E-state index < -0.39 is 17.4 Å². The summed E-state index contributed by atoms with van der Waals surface area (Å²) in [5, 5.41) is 16.1. The maximum Gasteiger partial charge on any atom is 0.294 e. The quantitative estimate of drug-likeness (QED) is 0.0890. The van der Waals surface area contributed by atoms with E-state index in [2.05, 4.69) is 20.9 Å². The maximum atomic E-state index is 13.5. The van der Waals surface area contributed by atoms with Crippen LogP contribution in [0.1, 0.15) is 40.9 Å².